The van der Waals surface area contributed by atoms with Crippen molar-refractivity contribution in [1.82, 2.24) is 20.4 Å². The normalized spacial score (nSPS) is 21.9. The number of hydrogen-bond acceptors (Lipinski definition) is 8. The van der Waals surface area contributed by atoms with Crippen molar-refractivity contribution in [3.63, 3.8) is 0 Å². The van der Waals surface area contributed by atoms with Gasteiger partial charge in [-0.05, 0) is 74.4 Å². The predicted octanol–water partition coefficient (Wildman–Crippen LogP) is 6.93. The Morgan fingerprint density at radius 1 is 1.18 bits per heavy atom. The number of hydrogen-bond donors (Lipinski definition) is 4. The number of anilines is 1. The zero-order valence-corrected chi connectivity index (χ0v) is 32.8. The van der Waals surface area contributed by atoms with Gasteiger partial charge in [0, 0.05) is 36.1 Å². The van der Waals surface area contributed by atoms with E-state index >= 15 is 8.78 Å². The summed E-state index contributed by atoms with van der Waals surface area (Å²) in [5, 5.41) is 16.7. The summed E-state index contributed by atoms with van der Waals surface area (Å²) in [6, 6.07) is 6.75. The van der Waals surface area contributed by atoms with Gasteiger partial charge in [-0.2, -0.15) is 13.9 Å². The van der Waals surface area contributed by atoms with Crippen LogP contribution in [0.3, 0.4) is 0 Å². The summed E-state index contributed by atoms with van der Waals surface area (Å²) in [6.07, 6.45) is -0.327. The molecule has 0 radical (unpaired) electrons. The van der Waals surface area contributed by atoms with E-state index in [1.165, 1.54) is 25.5 Å². The number of para-hydroxylation sites is 1. The van der Waals surface area contributed by atoms with Crippen LogP contribution in [0, 0.1) is 34.3 Å². The summed E-state index contributed by atoms with van der Waals surface area (Å²) >= 11 is 0. The Morgan fingerprint density at radius 2 is 1.86 bits per heavy atom. The van der Waals surface area contributed by atoms with Crippen LogP contribution in [0.5, 0.6) is 0 Å². The number of dihydropyridines is 1. The van der Waals surface area contributed by atoms with Crippen molar-refractivity contribution >= 4 is 43.2 Å². The second kappa shape index (κ2) is 16.7. The van der Waals surface area contributed by atoms with Crippen molar-refractivity contribution in [2.24, 2.45) is 28.9 Å². The lowest BCUT2D eigenvalue weighted by Gasteiger charge is -2.43. The van der Waals surface area contributed by atoms with E-state index in [0.717, 1.165) is 12.1 Å². The highest BCUT2D eigenvalue weighted by molar-refractivity contribution is 7.17. The highest BCUT2D eigenvalue weighted by Gasteiger charge is 2.49. The lowest BCUT2D eigenvalue weighted by atomic mass is 9.75. The molecule has 2 heterocycles. The molecule has 304 valence electrons. The molecule has 2 aromatic carbocycles. The van der Waals surface area contributed by atoms with Crippen LogP contribution in [0.1, 0.15) is 45.2 Å². The first-order valence-corrected chi connectivity index (χ1v) is 18.5. The monoisotopic (exact) mass is 818 g/mol. The molecule has 1 aliphatic heterocycles. The lowest BCUT2D eigenvalue weighted by Crippen LogP contribution is -2.61. The van der Waals surface area contributed by atoms with Crippen molar-refractivity contribution in [2.75, 3.05) is 18.4 Å². The Kier molecular flexibility index (Phi) is 12.6. The topological polar surface area (TPSA) is 139 Å². The average Bonchev–Trinajstić information content (AvgIpc) is 3.57. The SMILES string of the molecule is C[C@H]1CC(F)(F)C(=NCC(=O)N[C@@H](Cc2cc(F)cc(F)c2)C2(C)NC(C#CC(C)(C)N=O)=CC=C2c2cccc3c(NCC(F)F)nn(C)c23)C1=C(N)C(F)P. The molecule has 1 aromatic heterocycles. The number of rotatable bonds is 12. The number of nitroso groups, excluding NO2 is 1. The van der Waals surface area contributed by atoms with Crippen molar-refractivity contribution in [3.8, 4) is 11.8 Å². The number of benzene rings is 2. The van der Waals surface area contributed by atoms with E-state index in [-0.39, 0.29) is 29.1 Å². The minimum Gasteiger partial charge on any atom is -0.399 e. The Hall–Kier alpha value is -5.23. The molecule has 0 bridgehead atoms. The largest absolute Gasteiger partial charge is 0.399 e. The summed E-state index contributed by atoms with van der Waals surface area (Å²) in [6.45, 7) is 4.59. The number of carbonyl (C=O) groups excluding carboxylic acids is 1. The van der Waals surface area contributed by atoms with Crippen LogP contribution in [0.15, 0.2) is 75.7 Å². The van der Waals surface area contributed by atoms with Gasteiger partial charge in [0.1, 0.15) is 23.9 Å². The number of nitrogens with one attached hydrogen (secondary N) is 3. The van der Waals surface area contributed by atoms with Gasteiger partial charge in [0.15, 0.2) is 17.3 Å². The molecule has 1 saturated carbocycles. The van der Waals surface area contributed by atoms with Crippen molar-refractivity contribution in [1.29, 1.82) is 0 Å². The number of aliphatic imine (C=N–C) groups is 1. The molecular formula is C39H42F7N8O2P. The molecule has 0 spiro atoms. The third kappa shape index (κ3) is 9.50. The minimum atomic E-state index is -3.52. The second-order valence-corrected chi connectivity index (χ2v) is 15.3. The first-order chi connectivity index (χ1) is 26.7. The lowest BCUT2D eigenvalue weighted by molar-refractivity contribution is -0.120. The number of carbonyl (C=O) groups is 1. The van der Waals surface area contributed by atoms with Gasteiger partial charge in [0.25, 0.3) is 12.3 Å². The number of aromatic nitrogens is 2. The van der Waals surface area contributed by atoms with Crippen LogP contribution in [0.2, 0.25) is 0 Å². The number of allylic oxidation sites excluding steroid dienone is 5. The van der Waals surface area contributed by atoms with Gasteiger partial charge in [0.2, 0.25) is 5.91 Å². The Balaban J connectivity index is 1.66. The van der Waals surface area contributed by atoms with Gasteiger partial charge in [-0.25, -0.2) is 22.0 Å². The third-order valence-corrected chi connectivity index (χ3v) is 10.1. The van der Waals surface area contributed by atoms with Crippen molar-refractivity contribution in [3.05, 3.63) is 93.2 Å². The molecule has 2 aliphatic rings. The fourth-order valence-electron chi connectivity index (χ4n) is 7.09. The maximum Gasteiger partial charge on any atom is 0.290 e. The summed E-state index contributed by atoms with van der Waals surface area (Å²) in [4.78, 5) is 29.3. The number of fused-ring (bicyclic) bond motifs is 1. The van der Waals surface area contributed by atoms with Crippen LogP contribution in [0.4, 0.5) is 36.6 Å². The van der Waals surface area contributed by atoms with E-state index in [9.17, 15) is 31.7 Å². The number of nitrogens with two attached hydrogens (primary N) is 1. The van der Waals surface area contributed by atoms with Crippen molar-refractivity contribution < 1.29 is 35.5 Å². The second-order valence-electron chi connectivity index (χ2n) is 14.7. The highest BCUT2D eigenvalue weighted by atomic mass is 31.0. The molecule has 18 heteroatoms. The van der Waals surface area contributed by atoms with Gasteiger partial charge in [-0.15, -0.1) is 4.91 Å². The van der Waals surface area contributed by atoms with E-state index in [1.54, 1.807) is 53.6 Å². The number of halogens is 7. The van der Waals surface area contributed by atoms with Crippen LogP contribution >= 0.6 is 9.24 Å². The molecule has 57 heavy (non-hydrogen) atoms. The molecule has 5 atom stereocenters. The maximum absolute atomic E-state index is 15.2. The Morgan fingerprint density at radius 3 is 2.49 bits per heavy atom. The molecule has 1 fully saturated rings. The first-order valence-electron chi connectivity index (χ1n) is 17.8. The van der Waals surface area contributed by atoms with Gasteiger partial charge in [-0.1, -0.05) is 45.5 Å². The number of aryl methyl sites for hydroxylation is 1. The fraction of sp³-hybridized carbons (Fsp3) is 0.410. The Labute approximate surface area is 326 Å². The van der Waals surface area contributed by atoms with Gasteiger partial charge < -0.3 is 21.7 Å². The molecule has 0 saturated heterocycles. The fourth-order valence-corrected chi connectivity index (χ4v) is 7.27. The van der Waals surface area contributed by atoms with E-state index in [2.05, 4.69) is 43.1 Å². The van der Waals surface area contributed by atoms with Crippen LogP contribution in [-0.4, -0.2) is 69.9 Å². The third-order valence-electron chi connectivity index (χ3n) is 9.72. The smallest absolute Gasteiger partial charge is 0.290 e. The zero-order valence-electron chi connectivity index (χ0n) is 31.7. The number of amides is 1. The highest BCUT2D eigenvalue weighted by Crippen LogP contribution is 2.43. The molecule has 1 aliphatic carbocycles. The Bertz CT molecular complexity index is 2240. The molecule has 5 rings (SSSR count). The molecule has 10 nitrogen and oxygen atoms in total. The first kappa shape index (κ1) is 42.9. The van der Waals surface area contributed by atoms with Crippen LogP contribution in [0.25, 0.3) is 16.5 Å². The van der Waals surface area contributed by atoms with E-state index in [4.69, 9.17) is 5.73 Å². The van der Waals surface area contributed by atoms with Crippen LogP contribution in [-0.2, 0) is 18.3 Å². The summed E-state index contributed by atoms with van der Waals surface area (Å²) in [5.74, 6) is -3.05. The van der Waals surface area contributed by atoms with Gasteiger partial charge in [0.05, 0.1) is 35.0 Å². The summed E-state index contributed by atoms with van der Waals surface area (Å²) < 4.78 is 102. The predicted molar refractivity (Wildman–Crippen MR) is 209 cm³/mol. The van der Waals surface area contributed by atoms with E-state index in [0.29, 0.717) is 28.1 Å². The standard InChI is InChI=1S/C39H42F7N8O2P/c1-20-17-39(45,46)34(31(20)32(47)35(44)57)48-19-30(55)50-28(15-21-13-22(40)16-23(41)14-21)38(4)27(10-9-24(51-38)11-12-37(2,3)53-56)25-7-6-8-26-33(25)54(5)52-36(26)49-18-29(42)43/h6-10,13-14,16,20,28-29,35,51H,15,17-19,47,57H2,1-5H3,(H,49,52)(H,50,55)/t20-,28-,35?,38?/m0/s1. The quantitative estimate of drug-likeness (QED) is 0.0677. The molecule has 1 amide bonds. The molecular weight excluding hydrogens is 776 g/mol. The van der Waals surface area contributed by atoms with Crippen LogP contribution < -0.4 is 21.7 Å². The van der Waals surface area contributed by atoms with E-state index in [1.807, 2.05) is 0 Å². The summed E-state index contributed by atoms with van der Waals surface area (Å²) in [7, 11) is 3.41. The molecule has 3 unspecified atom stereocenters. The minimum absolute atomic E-state index is 0.112. The van der Waals surface area contributed by atoms with E-state index < -0.39 is 89.8 Å². The van der Waals surface area contributed by atoms with Gasteiger partial charge >= 0.3 is 0 Å². The van der Waals surface area contributed by atoms with Gasteiger partial charge in [-0.3, -0.25) is 14.5 Å². The molecule has 3 aromatic rings. The number of alkyl halides is 5. The molecule has 5 N–H and O–H groups in total. The summed E-state index contributed by atoms with van der Waals surface area (Å²) in [5.41, 5.74) is 3.47. The van der Waals surface area contributed by atoms with Crippen molar-refractivity contribution in [2.45, 2.75) is 75.9 Å². The number of nitrogens with zero attached hydrogens (tertiary/aromatic N) is 4. The average molecular weight is 819 g/mol. The maximum atomic E-state index is 15.2. The zero-order chi connectivity index (χ0) is 42.0.